The lowest BCUT2D eigenvalue weighted by molar-refractivity contribution is 0.311. The monoisotopic (exact) mass is 287 g/mol. The van der Waals surface area contributed by atoms with Crippen LogP contribution in [0.2, 0.25) is 0 Å². The Kier molecular flexibility index (Phi) is 5.43. The molecule has 0 heterocycles. The molecule has 0 bridgehead atoms. The van der Waals surface area contributed by atoms with Crippen LogP contribution in [0, 0.1) is 0 Å². The van der Waals surface area contributed by atoms with Crippen molar-refractivity contribution in [3.05, 3.63) is 42.5 Å². The molecular formula is C16H21N3O2. The van der Waals surface area contributed by atoms with E-state index in [9.17, 15) is 0 Å². The van der Waals surface area contributed by atoms with Crippen LogP contribution in [-0.2, 0) is 0 Å². The molecule has 2 rings (SSSR count). The van der Waals surface area contributed by atoms with Gasteiger partial charge >= 0.3 is 0 Å². The molecule has 5 nitrogen and oxygen atoms in total. The summed E-state index contributed by atoms with van der Waals surface area (Å²) in [5.74, 6) is 0. The number of para-hydroxylation sites is 1. The highest BCUT2D eigenvalue weighted by molar-refractivity contribution is 5.86. The van der Waals surface area contributed by atoms with Crippen LogP contribution in [0.3, 0.4) is 0 Å². The molecule has 0 aliphatic heterocycles. The molecule has 0 amide bonds. The van der Waals surface area contributed by atoms with Crippen LogP contribution < -0.4 is 16.4 Å². The highest BCUT2D eigenvalue weighted by atomic mass is 16.3. The van der Waals surface area contributed by atoms with Crippen molar-refractivity contribution >= 4 is 17.1 Å². The Hall–Kier alpha value is -2.24. The van der Waals surface area contributed by atoms with E-state index in [1.807, 2.05) is 42.5 Å². The molecule has 0 aliphatic carbocycles. The third kappa shape index (κ3) is 3.87. The SMILES string of the molecule is Nc1ccccc1-c1ccc(NCCO)cc1NCCO. The maximum Gasteiger partial charge on any atom is 0.0604 e. The zero-order valence-electron chi connectivity index (χ0n) is 11.8. The Bertz CT molecular complexity index is 587. The summed E-state index contributed by atoms with van der Waals surface area (Å²) in [6.07, 6.45) is 0. The van der Waals surface area contributed by atoms with E-state index < -0.39 is 0 Å². The van der Waals surface area contributed by atoms with Gasteiger partial charge in [-0.25, -0.2) is 0 Å². The summed E-state index contributed by atoms with van der Waals surface area (Å²) in [6.45, 7) is 1.08. The van der Waals surface area contributed by atoms with Gasteiger partial charge in [0.2, 0.25) is 0 Å². The van der Waals surface area contributed by atoms with Crippen molar-refractivity contribution in [2.45, 2.75) is 0 Å². The molecule has 0 saturated carbocycles. The normalized spacial score (nSPS) is 10.4. The molecule has 5 heteroatoms. The summed E-state index contributed by atoms with van der Waals surface area (Å²) >= 11 is 0. The number of hydrogen-bond acceptors (Lipinski definition) is 5. The van der Waals surface area contributed by atoms with E-state index in [0.29, 0.717) is 18.8 Å². The number of nitrogens with two attached hydrogens (primary N) is 1. The molecule has 0 radical (unpaired) electrons. The van der Waals surface area contributed by atoms with Gasteiger partial charge in [-0.3, -0.25) is 0 Å². The lowest BCUT2D eigenvalue weighted by atomic mass is 10.0. The Morgan fingerprint density at radius 1 is 0.857 bits per heavy atom. The van der Waals surface area contributed by atoms with Gasteiger partial charge in [-0.2, -0.15) is 0 Å². The number of hydrogen-bond donors (Lipinski definition) is 5. The summed E-state index contributed by atoms with van der Waals surface area (Å²) in [6, 6.07) is 13.6. The molecule has 0 atom stereocenters. The topological polar surface area (TPSA) is 90.5 Å². The molecule has 2 aromatic carbocycles. The molecular weight excluding hydrogens is 266 g/mol. The minimum atomic E-state index is 0.0536. The summed E-state index contributed by atoms with van der Waals surface area (Å²) in [7, 11) is 0. The van der Waals surface area contributed by atoms with E-state index >= 15 is 0 Å². The second-order valence-corrected chi connectivity index (χ2v) is 4.65. The second kappa shape index (κ2) is 7.52. The van der Waals surface area contributed by atoms with Crippen molar-refractivity contribution in [2.75, 3.05) is 42.7 Å². The van der Waals surface area contributed by atoms with Gasteiger partial charge in [0.15, 0.2) is 0 Å². The predicted molar refractivity (Wildman–Crippen MR) is 87.4 cm³/mol. The maximum atomic E-state index is 9.02. The van der Waals surface area contributed by atoms with E-state index in [0.717, 1.165) is 22.5 Å². The molecule has 21 heavy (non-hydrogen) atoms. The van der Waals surface area contributed by atoms with Gasteiger partial charge in [-0.1, -0.05) is 24.3 Å². The van der Waals surface area contributed by atoms with Crippen LogP contribution in [0.1, 0.15) is 0 Å². The fourth-order valence-corrected chi connectivity index (χ4v) is 2.17. The summed E-state index contributed by atoms with van der Waals surface area (Å²) in [4.78, 5) is 0. The van der Waals surface area contributed by atoms with Crippen LogP contribution in [0.4, 0.5) is 17.1 Å². The van der Waals surface area contributed by atoms with Crippen molar-refractivity contribution in [1.29, 1.82) is 0 Å². The highest BCUT2D eigenvalue weighted by Crippen LogP contribution is 2.33. The van der Waals surface area contributed by atoms with Crippen molar-refractivity contribution < 1.29 is 10.2 Å². The van der Waals surface area contributed by atoms with Crippen LogP contribution in [-0.4, -0.2) is 36.5 Å². The number of nitrogen functional groups attached to an aromatic ring is 1. The van der Waals surface area contributed by atoms with Crippen LogP contribution in [0.25, 0.3) is 11.1 Å². The number of benzene rings is 2. The maximum absolute atomic E-state index is 9.02. The van der Waals surface area contributed by atoms with Gasteiger partial charge in [0, 0.05) is 41.3 Å². The first-order chi connectivity index (χ1) is 10.3. The van der Waals surface area contributed by atoms with E-state index in [2.05, 4.69) is 10.6 Å². The number of rotatable bonds is 7. The summed E-state index contributed by atoms with van der Waals surface area (Å²) < 4.78 is 0. The van der Waals surface area contributed by atoms with E-state index in [1.165, 1.54) is 0 Å². The Balaban J connectivity index is 2.37. The minimum absolute atomic E-state index is 0.0536. The largest absolute Gasteiger partial charge is 0.398 e. The van der Waals surface area contributed by atoms with Crippen LogP contribution >= 0.6 is 0 Å². The Labute approximate surface area is 124 Å². The van der Waals surface area contributed by atoms with Crippen LogP contribution in [0.15, 0.2) is 42.5 Å². The average Bonchev–Trinajstić information content (AvgIpc) is 2.51. The van der Waals surface area contributed by atoms with Gasteiger partial charge in [0.25, 0.3) is 0 Å². The number of aliphatic hydroxyl groups excluding tert-OH is 2. The quantitative estimate of drug-likeness (QED) is 0.500. The van der Waals surface area contributed by atoms with Crippen molar-refractivity contribution in [3.63, 3.8) is 0 Å². The van der Waals surface area contributed by atoms with E-state index in [1.54, 1.807) is 0 Å². The van der Waals surface area contributed by atoms with Crippen molar-refractivity contribution in [2.24, 2.45) is 0 Å². The second-order valence-electron chi connectivity index (χ2n) is 4.65. The average molecular weight is 287 g/mol. The summed E-state index contributed by atoms with van der Waals surface area (Å²) in [5, 5.41) is 24.2. The van der Waals surface area contributed by atoms with Crippen molar-refractivity contribution in [1.82, 2.24) is 0 Å². The minimum Gasteiger partial charge on any atom is -0.398 e. The van der Waals surface area contributed by atoms with E-state index in [-0.39, 0.29) is 13.2 Å². The Morgan fingerprint density at radius 3 is 2.29 bits per heavy atom. The highest BCUT2D eigenvalue weighted by Gasteiger charge is 2.08. The van der Waals surface area contributed by atoms with Gasteiger partial charge < -0.3 is 26.6 Å². The molecule has 0 saturated heterocycles. The smallest absolute Gasteiger partial charge is 0.0604 e. The van der Waals surface area contributed by atoms with Gasteiger partial charge in [0.1, 0.15) is 0 Å². The molecule has 0 fully saturated rings. The number of nitrogens with one attached hydrogen (secondary N) is 2. The molecule has 0 spiro atoms. The standard InChI is InChI=1S/C16H21N3O2/c17-15-4-2-1-3-13(15)14-6-5-12(18-7-9-20)11-16(14)19-8-10-21/h1-6,11,18-21H,7-10,17H2. The number of anilines is 3. The fourth-order valence-electron chi connectivity index (χ4n) is 2.17. The zero-order valence-corrected chi connectivity index (χ0v) is 11.8. The molecule has 6 N–H and O–H groups in total. The predicted octanol–water partition coefficient (Wildman–Crippen LogP) is 1.74. The lowest BCUT2D eigenvalue weighted by Crippen LogP contribution is -2.09. The van der Waals surface area contributed by atoms with Gasteiger partial charge in [0.05, 0.1) is 13.2 Å². The Morgan fingerprint density at radius 2 is 1.57 bits per heavy atom. The van der Waals surface area contributed by atoms with Crippen LogP contribution in [0.5, 0.6) is 0 Å². The molecule has 0 aliphatic rings. The van der Waals surface area contributed by atoms with E-state index in [4.69, 9.17) is 15.9 Å². The molecule has 0 aromatic heterocycles. The van der Waals surface area contributed by atoms with Crippen molar-refractivity contribution in [3.8, 4) is 11.1 Å². The third-order valence-corrected chi connectivity index (χ3v) is 3.14. The third-order valence-electron chi connectivity index (χ3n) is 3.14. The van der Waals surface area contributed by atoms with Gasteiger partial charge in [-0.05, 0) is 18.2 Å². The first-order valence-electron chi connectivity index (χ1n) is 6.94. The zero-order chi connectivity index (χ0) is 15.1. The number of aliphatic hydroxyl groups is 2. The molecule has 112 valence electrons. The lowest BCUT2D eigenvalue weighted by Gasteiger charge is -2.15. The fraction of sp³-hybridized carbons (Fsp3) is 0.250. The summed E-state index contributed by atoms with van der Waals surface area (Å²) in [5.41, 5.74) is 10.5. The first kappa shape index (κ1) is 15.2. The molecule has 2 aromatic rings. The first-order valence-corrected chi connectivity index (χ1v) is 6.94. The van der Waals surface area contributed by atoms with Gasteiger partial charge in [-0.15, -0.1) is 0 Å². The molecule has 0 unspecified atom stereocenters.